The minimum absolute atomic E-state index is 0.0720. The van der Waals surface area contributed by atoms with Crippen molar-refractivity contribution in [2.45, 2.75) is 31.9 Å². The molecule has 1 heterocycles. The lowest BCUT2D eigenvalue weighted by Gasteiger charge is -2.25. The Kier molecular flexibility index (Phi) is 4.31. The van der Waals surface area contributed by atoms with Crippen LogP contribution in [0.4, 0.5) is 13.2 Å². The van der Waals surface area contributed by atoms with Crippen molar-refractivity contribution in [1.82, 2.24) is 10.2 Å². The highest BCUT2D eigenvalue weighted by atomic mass is 19.4. The first-order valence-corrected chi connectivity index (χ1v) is 6.55. The zero-order chi connectivity index (χ0) is 12.3. The molecule has 1 saturated heterocycles. The molecule has 1 aliphatic carbocycles. The van der Waals surface area contributed by atoms with Gasteiger partial charge >= 0.3 is 6.18 Å². The fourth-order valence-electron chi connectivity index (χ4n) is 2.41. The molecule has 1 atom stereocenters. The van der Waals surface area contributed by atoms with E-state index < -0.39 is 12.1 Å². The average Bonchev–Trinajstić information content (AvgIpc) is 3.02. The van der Waals surface area contributed by atoms with Crippen molar-refractivity contribution in [2.24, 2.45) is 11.8 Å². The molecule has 2 rings (SSSR count). The molecule has 0 aromatic heterocycles. The predicted molar refractivity (Wildman–Crippen MR) is 60.8 cm³/mol. The quantitative estimate of drug-likeness (QED) is 0.823. The van der Waals surface area contributed by atoms with Crippen LogP contribution in [0.3, 0.4) is 0 Å². The number of nitrogens with one attached hydrogen (secondary N) is 1. The maximum Gasteiger partial charge on any atom is 0.394 e. The van der Waals surface area contributed by atoms with E-state index in [2.05, 4.69) is 5.32 Å². The van der Waals surface area contributed by atoms with Crippen molar-refractivity contribution < 1.29 is 13.2 Å². The maximum absolute atomic E-state index is 12.7. The van der Waals surface area contributed by atoms with E-state index >= 15 is 0 Å². The molecule has 0 aromatic carbocycles. The fraction of sp³-hybridized carbons (Fsp3) is 1.00. The molecule has 100 valence electrons. The van der Waals surface area contributed by atoms with Crippen molar-refractivity contribution in [1.29, 1.82) is 0 Å². The zero-order valence-electron chi connectivity index (χ0n) is 10.1. The van der Waals surface area contributed by atoms with Gasteiger partial charge in [0.25, 0.3) is 0 Å². The Bertz CT molecular complexity index is 238. The van der Waals surface area contributed by atoms with E-state index in [-0.39, 0.29) is 13.1 Å². The molecule has 0 amide bonds. The lowest BCUT2D eigenvalue weighted by atomic mass is 10.1. The van der Waals surface area contributed by atoms with E-state index in [1.54, 1.807) is 0 Å². The summed E-state index contributed by atoms with van der Waals surface area (Å²) in [5.74, 6) is -0.329. The molecule has 1 saturated carbocycles. The molecule has 1 aliphatic heterocycles. The second-order valence-corrected chi connectivity index (χ2v) is 5.33. The van der Waals surface area contributed by atoms with Gasteiger partial charge in [-0.2, -0.15) is 13.2 Å². The molecule has 1 N–H and O–H groups in total. The van der Waals surface area contributed by atoms with Gasteiger partial charge in [-0.05, 0) is 25.3 Å². The summed E-state index contributed by atoms with van der Waals surface area (Å²) in [5, 5.41) is 2.88. The van der Waals surface area contributed by atoms with Crippen LogP contribution in [0.15, 0.2) is 0 Å². The Hall–Kier alpha value is -0.290. The van der Waals surface area contributed by atoms with Gasteiger partial charge in [0.05, 0.1) is 5.92 Å². The molecule has 0 bridgehead atoms. The van der Waals surface area contributed by atoms with Gasteiger partial charge < -0.3 is 10.2 Å². The Morgan fingerprint density at radius 3 is 2.65 bits per heavy atom. The lowest BCUT2D eigenvalue weighted by molar-refractivity contribution is -0.175. The monoisotopic (exact) mass is 250 g/mol. The van der Waals surface area contributed by atoms with Gasteiger partial charge in [-0.25, -0.2) is 0 Å². The van der Waals surface area contributed by atoms with E-state index in [1.807, 2.05) is 4.90 Å². The highest BCUT2D eigenvalue weighted by Gasteiger charge is 2.40. The summed E-state index contributed by atoms with van der Waals surface area (Å²) < 4.78 is 38.1. The minimum atomic E-state index is -4.06. The third kappa shape index (κ3) is 4.47. The first-order valence-electron chi connectivity index (χ1n) is 6.55. The summed E-state index contributed by atoms with van der Waals surface area (Å²) in [7, 11) is 0. The van der Waals surface area contributed by atoms with E-state index in [1.165, 1.54) is 19.3 Å². The maximum atomic E-state index is 12.7. The van der Waals surface area contributed by atoms with Gasteiger partial charge in [0.2, 0.25) is 0 Å². The Morgan fingerprint density at radius 2 is 2.00 bits per heavy atom. The highest BCUT2D eigenvalue weighted by Crippen LogP contribution is 2.33. The van der Waals surface area contributed by atoms with Gasteiger partial charge in [0.1, 0.15) is 0 Å². The van der Waals surface area contributed by atoms with Crippen LogP contribution >= 0.6 is 0 Å². The SMILES string of the molecule is FC(F)(F)C1CNCCN(CCCC2CC2)C1. The topological polar surface area (TPSA) is 15.3 Å². The van der Waals surface area contributed by atoms with E-state index in [9.17, 15) is 13.2 Å². The van der Waals surface area contributed by atoms with Crippen LogP contribution < -0.4 is 5.32 Å². The predicted octanol–water partition coefficient (Wildman–Crippen LogP) is 2.26. The van der Waals surface area contributed by atoms with Gasteiger partial charge in [-0.1, -0.05) is 12.8 Å². The first-order chi connectivity index (χ1) is 8.05. The number of halogens is 3. The van der Waals surface area contributed by atoms with Crippen molar-refractivity contribution in [3.8, 4) is 0 Å². The van der Waals surface area contributed by atoms with Gasteiger partial charge in [0, 0.05) is 26.2 Å². The second kappa shape index (κ2) is 5.57. The molecule has 2 aliphatic rings. The largest absolute Gasteiger partial charge is 0.394 e. The summed E-state index contributed by atoms with van der Waals surface area (Å²) in [6, 6.07) is 0. The standard InChI is InChI=1S/C12H21F3N2/c13-12(14,15)11-8-16-5-7-17(9-11)6-1-2-10-3-4-10/h10-11,16H,1-9H2. The van der Waals surface area contributed by atoms with Gasteiger partial charge in [0.15, 0.2) is 0 Å². The van der Waals surface area contributed by atoms with Crippen LogP contribution in [0.25, 0.3) is 0 Å². The average molecular weight is 250 g/mol. The third-order valence-corrected chi connectivity index (χ3v) is 3.72. The molecule has 0 radical (unpaired) electrons. The molecule has 2 fully saturated rings. The number of hydrogen-bond donors (Lipinski definition) is 1. The Morgan fingerprint density at radius 1 is 1.24 bits per heavy atom. The fourth-order valence-corrected chi connectivity index (χ4v) is 2.41. The molecule has 2 nitrogen and oxygen atoms in total. The summed E-state index contributed by atoms with van der Waals surface area (Å²) >= 11 is 0. The van der Waals surface area contributed by atoms with E-state index in [4.69, 9.17) is 0 Å². The molecule has 0 aromatic rings. The summed E-state index contributed by atoms with van der Waals surface area (Å²) in [4.78, 5) is 1.97. The number of hydrogen-bond acceptors (Lipinski definition) is 2. The molecule has 5 heteroatoms. The van der Waals surface area contributed by atoms with Crippen molar-refractivity contribution in [3.63, 3.8) is 0 Å². The van der Waals surface area contributed by atoms with E-state index in [0.717, 1.165) is 25.4 Å². The van der Waals surface area contributed by atoms with Crippen LogP contribution in [0, 0.1) is 11.8 Å². The molecule has 0 spiro atoms. The van der Waals surface area contributed by atoms with Crippen molar-refractivity contribution >= 4 is 0 Å². The van der Waals surface area contributed by atoms with E-state index in [0.29, 0.717) is 6.54 Å². The van der Waals surface area contributed by atoms with Crippen LogP contribution in [-0.4, -0.2) is 43.8 Å². The number of nitrogens with zero attached hydrogens (tertiary/aromatic N) is 1. The van der Waals surface area contributed by atoms with Crippen LogP contribution in [0.1, 0.15) is 25.7 Å². The third-order valence-electron chi connectivity index (χ3n) is 3.72. The molecular formula is C12H21F3N2. The Labute approximate surface area is 101 Å². The second-order valence-electron chi connectivity index (χ2n) is 5.33. The van der Waals surface area contributed by atoms with Crippen molar-refractivity contribution in [3.05, 3.63) is 0 Å². The molecule has 17 heavy (non-hydrogen) atoms. The zero-order valence-corrected chi connectivity index (χ0v) is 10.1. The van der Waals surface area contributed by atoms with Crippen LogP contribution in [0.5, 0.6) is 0 Å². The number of alkyl halides is 3. The molecular weight excluding hydrogens is 229 g/mol. The number of rotatable bonds is 4. The highest BCUT2D eigenvalue weighted by molar-refractivity contribution is 4.79. The summed E-state index contributed by atoms with van der Waals surface area (Å²) in [6.07, 6.45) is 0.835. The van der Waals surface area contributed by atoms with Crippen molar-refractivity contribution in [2.75, 3.05) is 32.7 Å². The first kappa shape index (κ1) is 13.1. The summed E-state index contributed by atoms with van der Waals surface area (Å²) in [5.41, 5.74) is 0. The molecule has 1 unspecified atom stereocenters. The lowest BCUT2D eigenvalue weighted by Crippen LogP contribution is -2.38. The van der Waals surface area contributed by atoms with Crippen LogP contribution in [0.2, 0.25) is 0 Å². The van der Waals surface area contributed by atoms with Crippen LogP contribution in [-0.2, 0) is 0 Å². The summed E-state index contributed by atoms with van der Waals surface area (Å²) in [6.45, 7) is 2.49. The normalized spacial score (nSPS) is 28.1. The van der Waals surface area contributed by atoms with Gasteiger partial charge in [-0.15, -0.1) is 0 Å². The van der Waals surface area contributed by atoms with Gasteiger partial charge in [-0.3, -0.25) is 0 Å². The Balaban J connectivity index is 1.75. The smallest absolute Gasteiger partial charge is 0.315 e. The minimum Gasteiger partial charge on any atom is -0.315 e.